The van der Waals surface area contributed by atoms with Gasteiger partial charge in [-0.2, -0.15) is 22.2 Å². The molecular formula is C6H18Cl2Si3. The Labute approximate surface area is 82.3 Å². The maximum Gasteiger partial charge on any atom is 0.233 e. The zero-order chi connectivity index (χ0) is 9.50. The van der Waals surface area contributed by atoms with Crippen LogP contribution >= 0.6 is 22.2 Å². The minimum Gasteiger partial charge on any atom is -0.150 e. The van der Waals surface area contributed by atoms with Gasteiger partial charge in [0.25, 0.3) is 0 Å². The van der Waals surface area contributed by atoms with Gasteiger partial charge in [-0.05, 0) is 6.55 Å². The summed E-state index contributed by atoms with van der Waals surface area (Å²) in [4.78, 5) is 0. The minimum absolute atomic E-state index is 1.08. The Hall–Kier alpha value is 1.23. The highest BCUT2D eigenvalue weighted by atomic mass is 35.7. The number of halogens is 2. The molecule has 0 N–H and O–H groups in total. The molecule has 0 aliphatic rings. The van der Waals surface area contributed by atoms with Crippen LogP contribution in [-0.4, -0.2) is 20.9 Å². The van der Waals surface area contributed by atoms with Gasteiger partial charge in [0.1, 0.15) is 0 Å². The lowest BCUT2D eigenvalue weighted by atomic mass is 11.8. The van der Waals surface area contributed by atoms with Gasteiger partial charge in [-0.15, -0.1) is 0 Å². The molecule has 0 aliphatic carbocycles. The van der Waals surface area contributed by atoms with E-state index in [1.54, 1.807) is 0 Å². The van der Waals surface area contributed by atoms with Crippen LogP contribution in [0.15, 0.2) is 0 Å². The van der Waals surface area contributed by atoms with Crippen LogP contribution in [0.1, 0.15) is 0 Å². The summed E-state index contributed by atoms with van der Waals surface area (Å²) in [6.07, 6.45) is -1.88. The van der Waals surface area contributed by atoms with Crippen molar-refractivity contribution in [3.05, 3.63) is 0 Å². The molecule has 68 valence electrons. The van der Waals surface area contributed by atoms with Gasteiger partial charge in [0.2, 0.25) is 6.21 Å². The van der Waals surface area contributed by atoms with E-state index >= 15 is 0 Å². The summed E-state index contributed by atoms with van der Waals surface area (Å²) in [5, 5.41) is 0. The zero-order valence-corrected chi connectivity index (χ0v) is 12.8. The van der Waals surface area contributed by atoms with Crippen molar-refractivity contribution in [2.75, 3.05) is 0 Å². The Morgan fingerprint density at radius 3 is 1.00 bits per heavy atom. The highest BCUT2D eigenvalue weighted by Crippen LogP contribution is 2.33. The lowest BCUT2D eigenvalue weighted by molar-refractivity contribution is 1.77. The molecule has 0 aromatic rings. The molecule has 0 amide bonds. The Bertz CT molecular complexity index is 127. The maximum atomic E-state index is 6.31. The number of rotatable bonds is 2. The summed E-state index contributed by atoms with van der Waals surface area (Å²) in [6, 6.07) is 0. The van der Waals surface area contributed by atoms with E-state index in [4.69, 9.17) is 22.2 Å². The summed E-state index contributed by atoms with van der Waals surface area (Å²) < 4.78 is 0. The molecule has 0 spiro atoms. The quantitative estimate of drug-likeness (QED) is 0.513. The van der Waals surface area contributed by atoms with Crippen LogP contribution in [-0.2, 0) is 0 Å². The van der Waals surface area contributed by atoms with Crippen LogP contribution in [0, 0.1) is 0 Å². The largest absolute Gasteiger partial charge is 0.233 e. The lowest BCUT2D eigenvalue weighted by Crippen LogP contribution is -2.65. The topological polar surface area (TPSA) is 0 Å². The number of hydrogen-bond acceptors (Lipinski definition) is 0. The van der Waals surface area contributed by atoms with Gasteiger partial charge in [0.05, 0.1) is 7.11 Å². The molecule has 0 aromatic heterocycles. The summed E-state index contributed by atoms with van der Waals surface area (Å²) in [5.74, 6) is 0. The predicted molar refractivity (Wildman–Crippen MR) is 64.2 cm³/mol. The molecular weight excluding hydrogens is 227 g/mol. The average molecular weight is 245 g/mol. The molecule has 0 unspecified atom stereocenters. The van der Waals surface area contributed by atoms with E-state index in [-0.39, 0.29) is 0 Å². The van der Waals surface area contributed by atoms with E-state index in [2.05, 4.69) is 39.3 Å². The predicted octanol–water partition coefficient (Wildman–Crippen LogP) is 3.74. The van der Waals surface area contributed by atoms with Gasteiger partial charge < -0.3 is 0 Å². The van der Waals surface area contributed by atoms with E-state index in [0.717, 1.165) is 0 Å². The van der Waals surface area contributed by atoms with E-state index in [9.17, 15) is 0 Å². The first-order valence-electron chi connectivity index (χ1n) is 3.88. The van der Waals surface area contributed by atoms with E-state index in [1.807, 2.05) is 0 Å². The summed E-state index contributed by atoms with van der Waals surface area (Å²) in [6.45, 7) is 13.9. The minimum atomic E-state index is -1.88. The molecule has 0 radical (unpaired) electrons. The van der Waals surface area contributed by atoms with Crippen molar-refractivity contribution in [3.63, 3.8) is 0 Å². The van der Waals surface area contributed by atoms with Crippen molar-refractivity contribution in [2.45, 2.75) is 39.3 Å². The van der Waals surface area contributed by atoms with Crippen molar-refractivity contribution < 1.29 is 0 Å². The average Bonchev–Trinajstić information content (AvgIpc) is 1.58. The Morgan fingerprint density at radius 1 is 0.727 bits per heavy atom. The lowest BCUT2D eigenvalue weighted by Gasteiger charge is -2.40. The summed E-state index contributed by atoms with van der Waals surface area (Å²) in [7, 11) is -2.38. The fourth-order valence-electron chi connectivity index (χ4n) is 0.658. The van der Waals surface area contributed by atoms with Crippen LogP contribution in [0.5, 0.6) is 0 Å². The van der Waals surface area contributed by atoms with Crippen molar-refractivity contribution in [1.29, 1.82) is 0 Å². The Balaban J connectivity index is 4.75. The Morgan fingerprint density at radius 2 is 1.00 bits per heavy atom. The maximum absolute atomic E-state index is 6.31. The van der Waals surface area contributed by atoms with Crippen molar-refractivity contribution in [1.82, 2.24) is 0 Å². The van der Waals surface area contributed by atoms with E-state index in [0.29, 0.717) is 0 Å². The van der Waals surface area contributed by atoms with Gasteiger partial charge in [-0.25, -0.2) is 0 Å². The first-order valence-corrected chi connectivity index (χ1v) is 16.9. The van der Waals surface area contributed by atoms with Crippen molar-refractivity contribution >= 4 is 43.1 Å². The highest BCUT2D eigenvalue weighted by molar-refractivity contribution is 7.87. The van der Waals surface area contributed by atoms with E-state index in [1.165, 1.54) is 0 Å². The third kappa shape index (κ3) is 2.59. The smallest absolute Gasteiger partial charge is 0.150 e. The van der Waals surface area contributed by atoms with Gasteiger partial charge in [-0.1, -0.05) is 32.7 Å². The number of hydrogen-bond donors (Lipinski definition) is 0. The van der Waals surface area contributed by atoms with Crippen LogP contribution in [0.25, 0.3) is 0 Å². The molecule has 0 saturated heterocycles. The monoisotopic (exact) mass is 244 g/mol. The van der Waals surface area contributed by atoms with Crippen LogP contribution in [0.4, 0.5) is 0 Å². The van der Waals surface area contributed by atoms with Crippen LogP contribution in [0.2, 0.25) is 39.3 Å². The third-order valence-electron chi connectivity index (χ3n) is 2.97. The fraction of sp³-hybridized carbons (Fsp3) is 1.00. The molecule has 0 bridgehead atoms. The molecule has 11 heavy (non-hydrogen) atoms. The molecule has 0 saturated carbocycles. The van der Waals surface area contributed by atoms with Crippen LogP contribution < -0.4 is 0 Å². The first-order chi connectivity index (χ1) is 4.50. The van der Waals surface area contributed by atoms with Gasteiger partial charge >= 0.3 is 0 Å². The molecule has 0 rings (SSSR count). The Kier molecular flexibility index (Phi) is 3.53. The SMILES string of the molecule is C[Si](C)(C)[Si](C)(C)[Si](C)(Cl)Cl. The highest BCUT2D eigenvalue weighted by Gasteiger charge is 2.51. The van der Waals surface area contributed by atoms with Gasteiger partial charge in [0, 0.05) is 7.59 Å². The molecule has 0 aliphatic heterocycles. The molecule has 0 heterocycles. The second-order valence-corrected chi connectivity index (χ2v) is 37.8. The molecule has 0 nitrogen and oxygen atoms in total. The van der Waals surface area contributed by atoms with Gasteiger partial charge in [-0.3, -0.25) is 0 Å². The zero-order valence-electron chi connectivity index (χ0n) is 8.26. The van der Waals surface area contributed by atoms with Crippen molar-refractivity contribution in [2.24, 2.45) is 0 Å². The normalized spacial score (nSPS) is 15.3. The standard InChI is InChI=1S/C6H18Cl2Si3/c1-9(2,3)10(4,5)11(6,7)8/h1-6H3. The second-order valence-electron chi connectivity index (χ2n) is 4.76. The third-order valence-corrected chi connectivity index (χ3v) is 49.4. The van der Waals surface area contributed by atoms with Gasteiger partial charge in [0.15, 0.2) is 0 Å². The molecule has 0 fully saturated rings. The van der Waals surface area contributed by atoms with E-state index < -0.39 is 20.9 Å². The van der Waals surface area contributed by atoms with Crippen molar-refractivity contribution in [3.8, 4) is 0 Å². The fourth-order valence-corrected chi connectivity index (χ4v) is 33.1. The first kappa shape index (κ1) is 12.2. The summed E-state index contributed by atoms with van der Waals surface area (Å²) >= 11 is 12.6. The molecule has 5 heteroatoms. The second kappa shape index (κ2) is 3.18. The molecule has 0 atom stereocenters. The summed E-state index contributed by atoms with van der Waals surface area (Å²) in [5.41, 5.74) is 0. The molecule has 0 aromatic carbocycles. The van der Waals surface area contributed by atoms with Crippen LogP contribution in [0.3, 0.4) is 0 Å².